The van der Waals surface area contributed by atoms with E-state index in [0.717, 1.165) is 18.4 Å². The van der Waals surface area contributed by atoms with E-state index in [9.17, 15) is 0 Å². The lowest BCUT2D eigenvalue weighted by Gasteiger charge is -2.26. The third-order valence-electron chi connectivity index (χ3n) is 4.02. The third-order valence-corrected chi connectivity index (χ3v) is 4.02. The van der Waals surface area contributed by atoms with E-state index < -0.39 is 0 Å². The SMILES string of the molecule is NCC(CC1CCCCC1)NCC1CC1. The van der Waals surface area contributed by atoms with Gasteiger partial charge < -0.3 is 11.1 Å². The van der Waals surface area contributed by atoms with Crippen molar-refractivity contribution in [3.05, 3.63) is 0 Å². The Bertz CT molecular complexity index is 171. The molecule has 1 unspecified atom stereocenters. The summed E-state index contributed by atoms with van der Waals surface area (Å²) in [6.45, 7) is 2.04. The summed E-state index contributed by atoms with van der Waals surface area (Å²) in [7, 11) is 0. The molecule has 0 aromatic heterocycles. The molecule has 2 saturated carbocycles. The zero-order chi connectivity index (χ0) is 10.5. The van der Waals surface area contributed by atoms with Crippen LogP contribution in [0.2, 0.25) is 0 Å². The average Bonchev–Trinajstić information content (AvgIpc) is 3.09. The largest absolute Gasteiger partial charge is 0.329 e. The lowest BCUT2D eigenvalue weighted by molar-refractivity contribution is 0.298. The Hall–Kier alpha value is -0.0800. The van der Waals surface area contributed by atoms with Gasteiger partial charge in [0.05, 0.1) is 0 Å². The number of nitrogens with one attached hydrogen (secondary N) is 1. The smallest absolute Gasteiger partial charge is 0.0193 e. The van der Waals surface area contributed by atoms with Crippen LogP contribution in [0.1, 0.15) is 51.4 Å². The molecule has 0 aromatic rings. The standard InChI is InChI=1S/C13H26N2/c14-9-13(15-10-12-6-7-12)8-11-4-2-1-3-5-11/h11-13,15H,1-10,14H2. The quantitative estimate of drug-likeness (QED) is 0.706. The Morgan fingerprint density at radius 2 is 1.73 bits per heavy atom. The van der Waals surface area contributed by atoms with E-state index in [-0.39, 0.29) is 0 Å². The highest BCUT2D eigenvalue weighted by Gasteiger charge is 2.23. The van der Waals surface area contributed by atoms with Crippen LogP contribution < -0.4 is 11.1 Å². The minimum atomic E-state index is 0.591. The van der Waals surface area contributed by atoms with E-state index in [0.29, 0.717) is 6.04 Å². The predicted octanol–water partition coefficient (Wildman–Crippen LogP) is 2.28. The number of nitrogens with two attached hydrogens (primary N) is 1. The molecule has 3 N–H and O–H groups in total. The topological polar surface area (TPSA) is 38.0 Å². The van der Waals surface area contributed by atoms with Gasteiger partial charge in [0.2, 0.25) is 0 Å². The zero-order valence-electron chi connectivity index (χ0n) is 9.88. The molecule has 2 fully saturated rings. The molecule has 2 aliphatic rings. The summed E-state index contributed by atoms with van der Waals surface area (Å²) >= 11 is 0. The first-order valence-electron chi connectivity index (χ1n) is 6.82. The first-order valence-corrected chi connectivity index (χ1v) is 6.82. The van der Waals surface area contributed by atoms with Gasteiger partial charge in [-0.1, -0.05) is 32.1 Å². The van der Waals surface area contributed by atoms with Crippen molar-refractivity contribution >= 4 is 0 Å². The highest BCUT2D eigenvalue weighted by atomic mass is 14.9. The molecule has 88 valence electrons. The van der Waals surface area contributed by atoms with E-state index >= 15 is 0 Å². The van der Waals surface area contributed by atoms with Gasteiger partial charge in [0.15, 0.2) is 0 Å². The Kier molecular flexibility index (Phi) is 4.45. The maximum absolute atomic E-state index is 5.83. The van der Waals surface area contributed by atoms with Crippen LogP contribution in [0, 0.1) is 11.8 Å². The minimum Gasteiger partial charge on any atom is -0.329 e. The molecule has 2 nitrogen and oxygen atoms in total. The summed E-state index contributed by atoms with van der Waals surface area (Å²) in [6, 6.07) is 0.591. The van der Waals surface area contributed by atoms with Gasteiger partial charge in [-0.05, 0) is 37.6 Å². The minimum absolute atomic E-state index is 0.591. The fraction of sp³-hybridized carbons (Fsp3) is 1.00. The highest BCUT2D eigenvalue weighted by molar-refractivity contribution is 4.80. The van der Waals surface area contributed by atoms with Crippen molar-refractivity contribution in [2.75, 3.05) is 13.1 Å². The summed E-state index contributed by atoms with van der Waals surface area (Å²) < 4.78 is 0. The molecule has 0 aromatic carbocycles. The second kappa shape index (κ2) is 5.86. The second-order valence-corrected chi connectivity index (χ2v) is 5.52. The average molecular weight is 210 g/mol. The van der Waals surface area contributed by atoms with E-state index in [1.807, 2.05) is 0 Å². The first-order chi connectivity index (χ1) is 7.38. The highest BCUT2D eigenvalue weighted by Crippen LogP contribution is 2.29. The Morgan fingerprint density at radius 3 is 2.33 bits per heavy atom. The molecule has 0 saturated heterocycles. The first kappa shape index (κ1) is 11.4. The second-order valence-electron chi connectivity index (χ2n) is 5.52. The van der Waals surface area contributed by atoms with Crippen LogP contribution >= 0.6 is 0 Å². The van der Waals surface area contributed by atoms with Crippen LogP contribution in [-0.4, -0.2) is 19.1 Å². The molecule has 0 aliphatic heterocycles. The summed E-state index contributed by atoms with van der Waals surface area (Å²) in [5.74, 6) is 1.93. The van der Waals surface area contributed by atoms with Crippen LogP contribution in [0.3, 0.4) is 0 Å². The summed E-state index contributed by atoms with van der Waals surface area (Å²) in [4.78, 5) is 0. The lowest BCUT2D eigenvalue weighted by atomic mass is 9.85. The molecule has 0 heterocycles. The number of hydrogen-bond donors (Lipinski definition) is 2. The maximum atomic E-state index is 5.83. The van der Waals surface area contributed by atoms with Crippen LogP contribution in [0.25, 0.3) is 0 Å². The fourth-order valence-corrected chi connectivity index (χ4v) is 2.74. The van der Waals surface area contributed by atoms with Crippen molar-refractivity contribution in [3.8, 4) is 0 Å². The van der Waals surface area contributed by atoms with Gasteiger partial charge in [0.1, 0.15) is 0 Å². The van der Waals surface area contributed by atoms with Gasteiger partial charge in [-0.15, -0.1) is 0 Å². The predicted molar refractivity (Wildman–Crippen MR) is 64.8 cm³/mol. The van der Waals surface area contributed by atoms with Gasteiger partial charge in [0.25, 0.3) is 0 Å². The summed E-state index contributed by atoms with van der Waals surface area (Å²) in [5.41, 5.74) is 5.83. The Labute approximate surface area is 94.0 Å². The summed E-state index contributed by atoms with van der Waals surface area (Å²) in [5, 5.41) is 3.65. The number of hydrogen-bond acceptors (Lipinski definition) is 2. The molecule has 15 heavy (non-hydrogen) atoms. The van der Waals surface area contributed by atoms with Gasteiger partial charge in [0, 0.05) is 12.6 Å². The van der Waals surface area contributed by atoms with Crippen LogP contribution in [-0.2, 0) is 0 Å². The monoisotopic (exact) mass is 210 g/mol. The van der Waals surface area contributed by atoms with Crippen molar-refractivity contribution in [1.82, 2.24) is 5.32 Å². The molecule has 2 heteroatoms. The molecular weight excluding hydrogens is 184 g/mol. The molecular formula is C13H26N2. The van der Waals surface area contributed by atoms with Crippen molar-refractivity contribution in [2.45, 2.75) is 57.4 Å². The normalized spacial score (nSPS) is 25.4. The van der Waals surface area contributed by atoms with Crippen molar-refractivity contribution < 1.29 is 0 Å². The van der Waals surface area contributed by atoms with E-state index in [1.165, 1.54) is 57.9 Å². The van der Waals surface area contributed by atoms with E-state index in [2.05, 4.69) is 5.32 Å². The van der Waals surface area contributed by atoms with Crippen molar-refractivity contribution in [2.24, 2.45) is 17.6 Å². The summed E-state index contributed by atoms with van der Waals surface area (Å²) in [6.07, 6.45) is 11.4. The van der Waals surface area contributed by atoms with Gasteiger partial charge in [-0.25, -0.2) is 0 Å². The van der Waals surface area contributed by atoms with Crippen LogP contribution in [0.15, 0.2) is 0 Å². The van der Waals surface area contributed by atoms with Crippen molar-refractivity contribution in [1.29, 1.82) is 0 Å². The van der Waals surface area contributed by atoms with Crippen LogP contribution in [0.5, 0.6) is 0 Å². The molecule has 0 amide bonds. The van der Waals surface area contributed by atoms with Gasteiger partial charge in [-0.2, -0.15) is 0 Å². The maximum Gasteiger partial charge on any atom is 0.0193 e. The molecule has 0 spiro atoms. The van der Waals surface area contributed by atoms with Crippen molar-refractivity contribution in [3.63, 3.8) is 0 Å². The van der Waals surface area contributed by atoms with Crippen LogP contribution in [0.4, 0.5) is 0 Å². The van der Waals surface area contributed by atoms with E-state index in [4.69, 9.17) is 5.73 Å². The van der Waals surface area contributed by atoms with E-state index in [1.54, 1.807) is 0 Å². The zero-order valence-corrected chi connectivity index (χ0v) is 9.88. The molecule has 1 atom stereocenters. The molecule has 2 aliphatic carbocycles. The molecule has 0 radical (unpaired) electrons. The van der Waals surface area contributed by atoms with Gasteiger partial charge >= 0.3 is 0 Å². The molecule has 0 bridgehead atoms. The fourth-order valence-electron chi connectivity index (χ4n) is 2.74. The van der Waals surface area contributed by atoms with Gasteiger partial charge in [-0.3, -0.25) is 0 Å². The number of rotatable bonds is 6. The Morgan fingerprint density at radius 1 is 1.00 bits per heavy atom. The Balaban J connectivity index is 1.63. The third kappa shape index (κ3) is 4.12. The molecule has 2 rings (SSSR count). The lowest BCUT2D eigenvalue weighted by Crippen LogP contribution is -2.39.